The van der Waals surface area contributed by atoms with Crippen LogP contribution in [-0.2, 0) is 4.79 Å². The Morgan fingerprint density at radius 1 is 0.889 bits per heavy atom. The summed E-state index contributed by atoms with van der Waals surface area (Å²) in [6.45, 7) is 4.99. The minimum absolute atomic E-state index is 0.0387. The van der Waals surface area contributed by atoms with Crippen LogP contribution in [0.25, 0.3) is 0 Å². The molecule has 27 heavy (non-hydrogen) atoms. The van der Waals surface area contributed by atoms with Gasteiger partial charge in [0, 0.05) is 37.4 Å². The van der Waals surface area contributed by atoms with E-state index < -0.39 is 5.92 Å². The van der Waals surface area contributed by atoms with Crippen LogP contribution < -0.4 is 10.2 Å². The minimum Gasteiger partial charge on any atom is -0.369 e. The van der Waals surface area contributed by atoms with Crippen molar-refractivity contribution in [2.75, 3.05) is 42.9 Å². The molecular formula is C22H25N3O2. The first-order valence-corrected chi connectivity index (χ1v) is 9.69. The molecule has 4 rings (SSSR count). The van der Waals surface area contributed by atoms with Gasteiger partial charge >= 0.3 is 0 Å². The molecule has 1 N–H and O–H groups in total. The van der Waals surface area contributed by atoms with Crippen LogP contribution in [-0.4, -0.2) is 49.3 Å². The summed E-state index contributed by atoms with van der Waals surface area (Å²) in [6, 6.07) is 17.8. The zero-order valence-electron chi connectivity index (χ0n) is 15.4. The predicted molar refractivity (Wildman–Crippen MR) is 107 cm³/mol. The van der Waals surface area contributed by atoms with Crippen molar-refractivity contribution in [1.82, 2.24) is 4.90 Å². The maximum atomic E-state index is 12.6. The third-order valence-corrected chi connectivity index (χ3v) is 5.54. The lowest BCUT2D eigenvalue weighted by Crippen LogP contribution is -2.46. The number of rotatable bonds is 5. The first kappa shape index (κ1) is 17.7. The summed E-state index contributed by atoms with van der Waals surface area (Å²) >= 11 is 0. The molecule has 1 amide bonds. The maximum Gasteiger partial charge on any atom is 0.235 e. The van der Waals surface area contributed by atoms with Crippen molar-refractivity contribution in [2.45, 2.75) is 12.8 Å². The molecule has 140 valence electrons. The molecule has 1 unspecified atom stereocenters. The molecule has 1 atom stereocenters. The fraction of sp³-hybridized carbons (Fsp3) is 0.364. The Balaban J connectivity index is 1.26. The average molecular weight is 363 g/mol. The largest absolute Gasteiger partial charge is 0.369 e. The molecule has 2 heterocycles. The van der Waals surface area contributed by atoms with E-state index in [1.807, 2.05) is 18.2 Å². The molecule has 5 heteroatoms. The number of para-hydroxylation sites is 2. The van der Waals surface area contributed by atoms with E-state index in [4.69, 9.17) is 0 Å². The van der Waals surface area contributed by atoms with E-state index in [1.54, 1.807) is 12.1 Å². The normalized spacial score (nSPS) is 20.3. The number of carbonyl (C=O) groups is 2. The molecule has 0 aliphatic carbocycles. The lowest BCUT2D eigenvalue weighted by atomic mass is 9.88. The summed E-state index contributed by atoms with van der Waals surface area (Å²) in [5, 5.41) is 2.87. The Kier molecular flexibility index (Phi) is 5.21. The smallest absolute Gasteiger partial charge is 0.235 e. The SMILES string of the molecule is O=C1Nc2ccccc2C(=O)C1CCCN1CCN(c2ccccc2)CC1. The predicted octanol–water partition coefficient (Wildman–Crippen LogP) is 3.04. The second kappa shape index (κ2) is 7.92. The van der Waals surface area contributed by atoms with Gasteiger partial charge in [0.25, 0.3) is 0 Å². The quantitative estimate of drug-likeness (QED) is 0.830. The molecule has 2 aliphatic heterocycles. The lowest BCUT2D eigenvalue weighted by Gasteiger charge is -2.36. The first-order chi connectivity index (χ1) is 13.2. The molecule has 0 aromatic heterocycles. The number of ketones is 1. The van der Waals surface area contributed by atoms with Gasteiger partial charge in [0.05, 0.1) is 5.69 Å². The number of Topliss-reactive ketones (excluding diaryl/α,β-unsaturated/α-hetero) is 1. The molecule has 2 aliphatic rings. The molecule has 0 bridgehead atoms. The number of hydrogen-bond acceptors (Lipinski definition) is 4. The highest BCUT2D eigenvalue weighted by molar-refractivity contribution is 6.20. The highest BCUT2D eigenvalue weighted by Crippen LogP contribution is 2.27. The number of piperazine rings is 1. The number of carbonyl (C=O) groups excluding carboxylic acids is 2. The van der Waals surface area contributed by atoms with Crippen LogP contribution in [0.15, 0.2) is 54.6 Å². The number of nitrogens with zero attached hydrogens (tertiary/aromatic N) is 2. The van der Waals surface area contributed by atoms with Crippen LogP contribution in [0.3, 0.4) is 0 Å². The molecular weight excluding hydrogens is 338 g/mol. The van der Waals surface area contributed by atoms with Gasteiger partial charge in [-0.3, -0.25) is 14.5 Å². The van der Waals surface area contributed by atoms with E-state index in [0.29, 0.717) is 17.7 Å². The summed E-state index contributed by atoms with van der Waals surface area (Å²) in [5.41, 5.74) is 2.56. The number of amides is 1. The molecule has 1 saturated heterocycles. The van der Waals surface area contributed by atoms with Gasteiger partial charge in [-0.25, -0.2) is 0 Å². The second-order valence-corrected chi connectivity index (χ2v) is 7.26. The Morgan fingerprint density at radius 3 is 2.37 bits per heavy atom. The van der Waals surface area contributed by atoms with Crippen LogP contribution in [0, 0.1) is 5.92 Å². The third-order valence-electron chi connectivity index (χ3n) is 5.54. The van der Waals surface area contributed by atoms with E-state index in [-0.39, 0.29) is 11.7 Å². The van der Waals surface area contributed by atoms with E-state index in [0.717, 1.165) is 39.1 Å². The maximum absolute atomic E-state index is 12.6. The van der Waals surface area contributed by atoms with E-state index in [1.165, 1.54) is 5.69 Å². The topological polar surface area (TPSA) is 52.7 Å². The number of nitrogens with one attached hydrogen (secondary N) is 1. The molecule has 0 saturated carbocycles. The van der Waals surface area contributed by atoms with Crippen molar-refractivity contribution < 1.29 is 9.59 Å². The number of hydrogen-bond donors (Lipinski definition) is 1. The van der Waals surface area contributed by atoms with Crippen molar-refractivity contribution in [1.29, 1.82) is 0 Å². The van der Waals surface area contributed by atoms with Gasteiger partial charge in [0.15, 0.2) is 5.78 Å². The summed E-state index contributed by atoms with van der Waals surface area (Å²) in [6.07, 6.45) is 1.47. The average Bonchev–Trinajstić information content (AvgIpc) is 2.71. The van der Waals surface area contributed by atoms with Gasteiger partial charge in [0.1, 0.15) is 5.92 Å². The van der Waals surface area contributed by atoms with Gasteiger partial charge < -0.3 is 10.2 Å². The van der Waals surface area contributed by atoms with Crippen molar-refractivity contribution in [3.8, 4) is 0 Å². The zero-order valence-corrected chi connectivity index (χ0v) is 15.4. The highest BCUT2D eigenvalue weighted by Gasteiger charge is 2.33. The fourth-order valence-electron chi connectivity index (χ4n) is 3.98. The molecule has 0 spiro atoms. The van der Waals surface area contributed by atoms with E-state index >= 15 is 0 Å². The zero-order chi connectivity index (χ0) is 18.6. The monoisotopic (exact) mass is 363 g/mol. The third kappa shape index (κ3) is 3.88. The highest BCUT2D eigenvalue weighted by atomic mass is 16.2. The minimum atomic E-state index is -0.550. The summed E-state index contributed by atoms with van der Waals surface area (Å²) in [5.74, 6) is -0.749. The van der Waals surface area contributed by atoms with Crippen molar-refractivity contribution in [2.24, 2.45) is 5.92 Å². The Hall–Kier alpha value is -2.66. The Bertz CT molecular complexity index is 813. The fourth-order valence-corrected chi connectivity index (χ4v) is 3.98. The summed E-state index contributed by atoms with van der Waals surface area (Å²) < 4.78 is 0. The van der Waals surface area contributed by atoms with E-state index in [9.17, 15) is 9.59 Å². The lowest BCUT2D eigenvalue weighted by molar-refractivity contribution is -0.118. The second-order valence-electron chi connectivity index (χ2n) is 7.26. The van der Waals surface area contributed by atoms with Gasteiger partial charge in [-0.15, -0.1) is 0 Å². The molecule has 5 nitrogen and oxygen atoms in total. The van der Waals surface area contributed by atoms with Gasteiger partial charge in [-0.05, 0) is 43.7 Å². The van der Waals surface area contributed by atoms with Crippen LogP contribution in [0.5, 0.6) is 0 Å². The number of anilines is 2. The molecule has 1 fully saturated rings. The Labute approximate surface area is 160 Å². The summed E-state index contributed by atoms with van der Waals surface area (Å²) in [4.78, 5) is 29.8. The van der Waals surface area contributed by atoms with Crippen molar-refractivity contribution >= 4 is 23.1 Å². The van der Waals surface area contributed by atoms with Crippen LogP contribution in [0.1, 0.15) is 23.2 Å². The van der Waals surface area contributed by atoms with Gasteiger partial charge in [-0.2, -0.15) is 0 Å². The standard InChI is InChI=1S/C22H25N3O2/c26-21-18-9-4-5-11-20(18)23-22(27)19(21)10-6-12-24-13-15-25(16-14-24)17-7-2-1-3-8-17/h1-5,7-9,11,19H,6,10,12-16H2,(H,23,27). The number of fused-ring (bicyclic) bond motifs is 1. The Morgan fingerprint density at radius 2 is 1.59 bits per heavy atom. The van der Waals surface area contributed by atoms with Crippen LogP contribution in [0.4, 0.5) is 11.4 Å². The van der Waals surface area contributed by atoms with Gasteiger partial charge in [-0.1, -0.05) is 30.3 Å². The van der Waals surface area contributed by atoms with Crippen molar-refractivity contribution in [3.63, 3.8) is 0 Å². The molecule has 2 aromatic rings. The van der Waals surface area contributed by atoms with Crippen LogP contribution >= 0.6 is 0 Å². The van der Waals surface area contributed by atoms with Crippen molar-refractivity contribution in [3.05, 3.63) is 60.2 Å². The number of benzene rings is 2. The molecule has 0 radical (unpaired) electrons. The van der Waals surface area contributed by atoms with Crippen LogP contribution in [0.2, 0.25) is 0 Å². The molecule has 2 aromatic carbocycles. The van der Waals surface area contributed by atoms with E-state index in [2.05, 4.69) is 39.4 Å². The van der Waals surface area contributed by atoms with Gasteiger partial charge in [0.2, 0.25) is 5.91 Å². The first-order valence-electron chi connectivity index (χ1n) is 9.69. The summed E-state index contributed by atoms with van der Waals surface area (Å²) in [7, 11) is 0.